The van der Waals surface area contributed by atoms with Crippen molar-refractivity contribution >= 4 is 0 Å². The number of hydrogen-bond acceptors (Lipinski definition) is 5. The number of nitrogens with zero attached hydrogens (tertiary/aromatic N) is 3. The van der Waals surface area contributed by atoms with Gasteiger partial charge in [0.2, 0.25) is 5.82 Å². The van der Waals surface area contributed by atoms with Gasteiger partial charge in [-0.05, 0) is 25.1 Å². The van der Waals surface area contributed by atoms with Crippen LogP contribution in [0.1, 0.15) is 6.92 Å². The van der Waals surface area contributed by atoms with Crippen molar-refractivity contribution in [2.45, 2.75) is 6.92 Å². The van der Waals surface area contributed by atoms with E-state index >= 15 is 0 Å². The largest absolute Gasteiger partial charge is 0.493 e. The van der Waals surface area contributed by atoms with E-state index in [2.05, 4.69) is 20.3 Å². The number of aromatic amines is 1. The molecule has 4 rings (SSSR count). The van der Waals surface area contributed by atoms with Crippen molar-refractivity contribution in [3.63, 3.8) is 0 Å². The van der Waals surface area contributed by atoms with Crippen molar-refractivity contribution in [1.82, 2.24) is 20.3 Å². The molecule has 0 fully saturated rings. The number of rotatable bonds is 5. The zero-order valence-corrected chi connectivity index (χ0v) is 13.6. The third-order valence-electron chi connectivity index (χ3n) is 3.73. The first kappa shape index (κ1) is 15.1. The average molecular weight is 332 g/mol. The summed E-state index contributed by atoms with van der Waals surface area (Å²) in [4.78, 5) is 4.47. The Bertz CT molecular complexity index is 976. The van der Waals surface area contributed by atoms with E-state index in [-0.39, 0.29) is 0 Å². The summed E-state index contributed by atoms with van der Waals surface area (Å²) in [5, 5.41) is 11.3. The van der Waals surface area contributed by atoms with E-state index in [4.69, 9.17) is 9.26 Å². The number of aromatic nitrogens is 4. The van der Waals surface area contributed by atoms with Crippen LogP contribution in [0.4, 0.5) is 0 Å². The lowest BCUT2D eigenvalue weighted by Crippen LogP contribution is -1.94. The molecule has 2 aromatic heterocycles. The molecule has 0 spiro atoms. The van der Waals surface area contributed by atoms with Gasteiger partial charge in [0.1, 0.15) is 11.4 Å². The predicted molar refractivity (Wildman–Crippen MR) is 93.9 cm³/mol. The Hall–Kier alpha value is -3.41. The van der Waals surface area contributed by atoms with Gasteiger partial charge in [-0.3, -0.25) is 5.10 Å². The maximum atomic E-state index is 5.63. The van der Waals surface area contributed by atoms with Crippen LogP contribution in [-0.2, 0) is 0 Å². The van der Waals surface area contributed by atoms with Crippen LogP contribution < -0.4 is 4.74 Å². The number of nitrogens with one attached hydrogen (secondary N) is 1. The zero-order chi connectivity index (χ0) is 17.1. The number of ether oxygens (including phenoxy) is 1. The lowest BCUT2D eigenvalue weighted by Gasteiger charge is -2.05. The molecule has 6 heteroatoms. The zero-order valence-electron chi connectivity index (χ0n) is 13.6. The van der Waals surface area contributed by atoms with Gasteiger partial charge in [0, 0.05) is 5.56 Å². The molecule has 0 aliphatic rings. The molecule has 0 saturated carbocycles. The van der Waals surface area contributed by atoms with E-state index in [1.165, 1.54) is 0 Å². The van der Waals surface area contributed by atoms with E-state index in [0.29, 0.717) is 24.0 Å². The highest BCUT2D eigenvalue weighted by molar-refractivity contribution is 5.67. The predicted octanol–water partition coefficient (Wildman–Crippen LogP) is 4.19. The Labute approximate surface area is 144 Å². The van der Waals surface area contributed by atoms with Crippen molar-refractivity contribution in [1.29, 1.82) is 0 Å². The molecule has 2 heterocycles. The molecule has 0 aliphatic heterocycles. The average Bonchev–Trinajstić information content (AvgIpc) is 3.33. The Kier molecular flexibility index (Phi) is 4.00. The summed E-state index contributed by atoms with van der Waals surface area (Å²) in [5.41, 5.74) is 3.31. The third kappa shape index (κ3) is 3.01. The second kappa shape index (κ2) is 6.60. The highest BCUT2D eigenvalue weighted by Gasteiger charge is 2.16. The van der Waals surface area contributed by atoms with Crippen LogP contribution in [-0.4, -0.2) is 26.9 Å². The summed E-state index contributed by atoms with van der Waals surface area (Å²) in [6.07, 6.45) is 0. The van der Waals surface area contributed by atoms with Crippen LogP contribution >= 0.6 is 0 Å². The molecular weight excluding hydrogens is 316 g/mol. The van der Waals surface area contributed by atoms with Crippen molar-refractivity contribution in [3.05, 3.63) is 60.7 Å². The molecule has 124 valence electrons. The smallest absolute Gasteiger partial charge is 0.276 e. The van der Waals surface area contributed by atoms with Crippen LogP contribution in [0.15, 0.2) is 65.2 Å². The number of benzene rings is 2. The first-order valence-electron chi connectivity index (χ1n) is 8.02. The first-order chi connectivity index (χ1) is 12.3. The summed E-state index contributed by atoms with van der Waals surface area (Å²) in [7, 11) is 0. The number of para-hydroxylation sites is 1. The molecule has 2 aromatic carbocycles. The molecule has 0 saturated heterocycles. The Morgan fingerprint density at radius 2 is 1.84 bits per heavy atom. The normalized spacial score (nSPS) is 10.8. The summed E-state index contributed by atoms with van der Waals surface area (Å²) in [6, 6.07) is 19.4. The van der Waals surface area contributed by atoms with Gasteiger partial charge in [0.05, 0.1) is 17.9 Å². The van der Waals surface area contributed by atoms with Gasteiger partial charge in [0.15, 0.2) is 0 Å². The summed E-state index contributed by atoms with van der Waals surface area (Å²) in [6.45, 7) is 2.51. The van der Waals surface area contributed by atoms with Crippen LogP contribution in [0.25, 0.3) is 34.2 Å². The fourth-order valence-electron chi connectivity index (χ4n) is 2.56. The molecule has 0 unspecified atom stereocenters. The van der Waals surface area contributed by atoms with Crippen molar-refractivity contribution in [3.8, 4) is 40.0 Å². The lowest BCUT2D eigenvalue weighted by molar-refractivity contribution is 0.341. The van der Waals surface area contributed by atoms with Crippen molar-refractivity contribution in [2.24, 2.45) is 0 Å². The Morgan fingerprint density at radius 3 is 2.68 bits per heavy atom. The Morgan fingerprint density at radius 1 is 1.04 bits per heavy atom. The van der Waals surface area contributed by atoms with Gasteiger partial charge < -0.3 is 9.26 Å². The standard InChI is InChI=1S/C19H16N4O2/c1-2-24-17-11-7-6-10-14(17)18-20-19(25-23-18)16-12-15(21-22-16)13-8-4-3-5-9-13/h3-12H,2H2,1H3,(H,21,22). The van der Waals surface area contributed by atoms with Crippen molar-refractivity contribution < 1.29 is 9.26 Å². The third-order valence-corrected chi connectivity index (χ3v) is 3.73. The fourth-order valence-corrected chi connectivity index (χ4v) is 2.56. The fraction of sp³-hybridized carbons (Fsp3) is 0.105. The minimum atomic E-state index is 0.385. The molecule has 25 heavy (non-hydrogen) atoms. The molecule has 4 aromatic rings. The quantitative estimate of drug-likeness (QED) is 0.593. The Balaban J connectivity index is 1.65. The highest BCUT2D eigenvalue weighted by atomic mass is 16.5. The van der Waals surface area contributed by atoms with Crippen LogP contribution in [0.3, 0.4) is 0 Å². The molecule has 0 atom stereocenters. The maximum absolute atomic E-state index is 5.63. The monoisotopic (exact) mass is 332 g/mol. The van der Waals surface area contributed by atoms with Crippen molar-refractivity contribution in [2.75, 3.05) is 6.61 Å². The minimum Gasteiger partial charge on any atom is -0.493 e. The lowest BCUT2D eigenvalue weighted by atomic mass is 10.1. The minimum absolute atomic E-state index is 0.385. The van der Waals surface area contributed by atoms with Crippen LogP contribution in [0.2, 0.25) is 0 Å². The number of hydrogen-bond donors (Lipinski definition) is 1. The van der Waals surface area contributed by atoms with Gasteiger partial charge in [-0.15, -0.1) is 0 Å². The second-order valence-electron chi connectivity index (χ2n) is 5.39. The topological polar surface area (TPSA) is 76.8 Å². The van der Waals surface area contributed by atoms with E-state index in [1.54, 1.807) is 0 Å². The van der Waals surface area contributed by atoms with Gasteiger partial charge in [-0.2, -0.15) is 10.1 Å². The van der Waals surface area contributed by atoms with Crippen LogP contribution in [0, 0.1) is 0 Å². The molecule has 0 bridgehead atoms. The van der Waals surface area contributed by atoms with E-state index in [1.807, 2.05) is 67.6 Å². The summed E-state index contributed by atoms with van der Waals surface area (Å²) in [5.74, 6) is 1.60. The first-order valence-corrected chi connectivity index (χ1v) is 8.02. The van der Waals surface area contributed by atoms with E-state index in [9.17, 15) is 0 Å². The molecular formula is C19H16N4O2. The van der Waals surface area contributed by atoms with Gasteiger partial charge in [-0.25, -0.2) is 0 Å². The summed E-state index contributed by atoms with van der Waals surface area (Å²) < 4.78 is 11.0. The van der Waals surface area contributed by atoms with Gasteiger partial charge >= 0.3 is 0 Å². The maximum Gasteiger partial charge on any atom is 0.276 e. The molecule has 0 radical (unpaired) electrons. The van der Waals surface area contributed by atoms with Crippen LogP contribution in [0.5, 0.6) is 5.75 Å². The highest BCUT2D eigenvalue weighted by Crippen LogP contribution is 2.30. The molecule has 1 N–H and O–H groups in total. The SMILES string of the molecule is CCOc1ccccc1-c1noc(-c2cc(-c3ccccc3)n[nH]2)n1. The number of H-pyrrole nitrogens is 1. The second-order valence-corrected chi connectivity index (χ2v) is 5.39. The van der Waals surface area contributed by atoms with E-state index in [0.717, 1.165) is 22.6 Å². The van der Waals surface area contributed by atoms with Gasteiger partial charge in [-0.1, -0.05) is 47.6 Å². The molecule has 6 nitrogen and oxygen atoms in total. The molecule has 0 amide bonds. The molecule has 0 aliphatic carbocycles. The summed E-state index contributed by atoms with van der Waals surface area (Å²) >= 11 is 0. The van der Waals surface area contributed by atoms with Gasteiger partial charge in [0.25, 0.3) is 5.89 Å². The van der Waals surface area contributed by atoms with E-state index < -0.39 is 0 Å².